The van der Waals surface area contributed by atoms with E-state index in [0.717, 1.165) is 25.5 Å². The van der Waals surface area contributed by atoms with Gasteiger partial charge in [-0.3, -0.25) is 0 Å². The van der Waals surface area contributed by atoms with Crippen LogP contribution < -0.4 is 10.6 Å². The number of aryl methyl sites for hydroxylation is 1. The third-order valence-corrected chi connectivity index (χ3v) is 2.96. The van der Waals surface area contributed by atoms with Gasteiger partial charge in [0.05, 0.1) is 6.20 Å². The molecule has 0 bridgehead atoms. The molecule has 0 unspecified atom stereocenters. The van der Waals surface area contributed by atoms with Crippen molar-refractivity contribution in [2.45, 2.75) is 12.8 Å². The van der Waals surface area contributed by atoms with Crippen LogP contribution in [0.3, 0.4) is 0 Å². The van der Waals surface area contributed by atoms with Crippen LogP contribution in [0.1, 0.15) is 12.8 Å². The van der Waals surface area contributed by atoms with Crippen LogP contribution in [0.4, 0.5) is 5.82 Å². The van der Waals surface area contributed by atoms with Crippen molar-refractivity contribution >= 4 is 5.82 Å². The van der Waals surface area contributed by atoms with Gasteiger partial charge in [-0.1, -0.05) is 5.21 Å². The number of anilines is 1. The third-order valence-electron chi connectivity index (χ3n) is 2.96. The highest BCUT2D eigenvalue weighted by atomic mass is 15.5. The minimum atomic E-state index is 0.701. The van der Waals surface area contributed by atoms with Gasteiger partial charge < -0.3 is 10.6 Å². The van der Waals surface area contributed by atoms with Gasteiger partial charge in [-0.15, -0.1) is 5.10 Å². The molecule has 0 radical (unpaired) electrons. The molecule has 5 nitrogen and oxygen atoms in total. The zero-order valence-corrected chi connectivity index (χ0v) is 8.56. The Kier molecular flexibility index (Phi) is 2.67. The van der Waals surface area contributed by atoms with E-state index in [1.54, 1.807) is 0 Å². The largest absolute Gasteiger partial charge is 0.355 e. The molecule has 1 aliphatic rings. The lowest BCUT2D eigenvalue weighted by Gasteiger charge is -2.32. The maximum Gasteiger partial charge on any atom is 0.147 e. The van der Waals surface area contributed by atoms with Gasteiger partial charge >= 0.3 is 0 Å². The number of aromatic nitrogens is 3. The lowest BCUT2D eigenvalue weighted by molar-refractivity contribution is 0.410. The van der Waals surface area contributed by atoms with Gasteiger partial charge in [0.25, 0.3) is 0 Å². The standard InChI is InChI=1S/C9H17N5/c1-13-9(7-11-12-13)14-4-2-8(6-10)3-5-14/h7-8H,2-6,10H2,1H3. The molecule has 0 aromatic carbocycles. The molecule has 2 N–H and O–H groups in total. The number of piperidine rings is 1. The smallest absolute Gasteiger partial charge is 0.147 e. The summed E-state index contributed by atoms with van der Waals surface area (Å²) >= 11 is 0. The van der Waals surface area contributed by atoms with Crippen LogP contribution in [-0.2, 0) is 7.05 Å². The molecule has 5 heteroatoms. The van der Waals surface area contributed by atoms with E-state index in [1.807, 2.05) is 17.9 Å². The fraction of sp³-hybridized carbons (Fsp3) is 0.778. The van der Waals surface area contributed by atoms with Crippen LogP contribution in [0.5, 0.6) is 0 Å². The topological polar surface area (TPSA) is 60.0 Å². The molecule has 78 valence electrons. The number of nitrogens with zero attached hydrogens (tertiary/aromatic N) is 4. The first kappa shape index (κ1) is 9.45. The zero-order valence-electron chi connectivity index (χ0n) is 8.56. The number of hydrogen-bond acceptors (Lipinski definition) is 4. The Labute approximate surface area is 83.9 Å². The molecular weight excluding hydrogens is 178 g/mol. The zero-order chi connectivity index (χ0) is 9.97. The van der Waals surface area contributed by atoms with Crippen LogP contribution >= 0.6 is 0 Å². The molecular formula is C9H17N5. The van der Waals surface area contributed by atoms with E-state index < -0.39 is 0 Å². The summed E-state index contributed by atoms with van der Waals surface area (Å²) in [5.74, 6) is 1.81. The van der Waals surface area contributed by atoms with Crippen LogP contribution in [0.25, 0.3) is 0 Å². The second-order valence-electron chi connectivity index (χ2n) is 3.88. The molecule has 1 saturated heterocycles. The molecule has 0 saturated carbocycles. The van der Waals surface area contributed by atoms with Gasteiger partial charge in [-0.05, 0) is 25.3 Å². The molecule has 1 aromatic heterocycles. The fourth-order valence-corrected chi connectivity index (χ4v) is 1.97. The van der Waals surface area contributed by atoms with E-state index in [4.69, 9.17) is 5.73 Å². The molecule has 1 aliphatic heterocycles. The van der Waals surface area contributed by atoms with Crippen molar-refractivity contribution in [1.29, 1.82) is 0 Å². The summed E-state index contributed by atoms with van der Waals surface area (Å²) in [5.41, 5.74) is 5.65. The molecule has 2 rings (SSSR count). The molecule has 0 amide bonds. The quantitative estimate of drug-likeness (QED) is 0.721. The molecule has 1 fully saturated rings. The van der Waals surface area contributed by atoms with Crippen LogP contribution in [-0.4, -0.2) is 34.6 Å². The van der Waals surface area contributed by atoms with Gasteiger partial charge in [-0.2, -0.15) is 0 Å². The van der Waals surface area contributed by atoms with Crippen LogP contribution in [0.15, 0.2) is 6.20 Å². The normalized spacial score (nSPS) is 18.9. The summed E-state index contributed by atoms with van der Waals surface area (Å²) in [6.45, 7) is 2.96. The lowest BCUT2D eigenvalue weighted by atomic mass is 9.97. The summed E-state index contributed by atoms with van der Waals surface area (Å²) in [5, 5.41) is 7.81. The summed E-state index contributed by atoms with van der Waals surface area (Å²) in [6, 6.07) is 0. The first-order chi connectivity index (χ1) is 6.81. The highest BCUT2D eigenvalue weighted by molar-refractivity contribution is 5.36. The Morgan fingerprint density at radius 1 is 1.50 bits per heavy atom. The summed E-state index contributed by atoms with van der Waals surface area (Å²) in [6.07, 6.45) is 4.19. The van der Waals surface area contributed by atoms with Crippen molar-refractivity contribution in [3.63, 3.8) is 0 Å². The predicted octanol–water partition coefficient (Wildman–Crippen LogP) is -0.00980. The molecule has 0 atom stereocenters. The van der Waals surface area contributed by atoms with E-state index >= 15 is 0 Å². The van der Waals surface area contributed by atoms with Gasteiger partial charge in [0.1, 0.15) is 5.82 Å². The lowest BCUT2D eigenvalue weighted by Crippen LogP contribution is -2.37. The minimum Gasteiger partial charge on any atom is -0.355 e. The third kappa shape index (κ3) is 1.72. The number of rotatable bonds is 2. The van der Waals surface area contributed by atoms with Crippen molar-refractivity contribution in [2.75, 3.05) is 24.5 Å². The van der Waals surface area contributed by atoms with Crippen LogP contribution in [0.2, 0.25) is 0 Å². The Morgan fingerprint density at radius 3 is 2.71 bits per heavy atom. The van der Waals surface area contributed by atoms with Gasteiger partial charge in [0.15, 0.2) is 0 Å². The second-order valence-corrected chi connectivity index (χ2v) is 3.88. The van der Waals surface area contributed by atoms with Crippen LogP contribution in [0, 0.1) is 5.92 Å². The summed E-state index contributed by atoms with van der Waals surface area (Å²) in [7, 11) is 1.93. The van der Waals surface area contributed by atoms with E-state index in [1.165, 1.54) is 12.8 Å². The molecule has 14 heavy (non-hydrogen) atoms. The first-order valence-electron chi connectivity index (χ1n) is 5.11. The van der Waals surface area contributed by atoms with E-state index in [0.29, 0.717) is 5.92 Å². The van der Waals surface area contributed by atoms with E-state index in [9.17, 15) is 0 Å². The van der Waals surface area contributed by atoms with Crippen molar-refractivity contribution in [3.05, 3.63) is 6.20 Å². The Balaban J connectivity index is 1.99. The summed E-state index contributed by atoms with van der Waals surface area (Å²) < 4.78 is 1.82. The van der Waals surface area contributed by atoms with Crippen molar-refractivity contribution < 1.29 is 0 Å². The average Bonchev–Trinajstić information content (AvgIpc) is 2.65. The number of nitrogens with two attached hydrogens (primary N) is 1. The molecule has 0 spiro atoms. The van der Waals surface area contributed by atoms with Crippen molar-refractivity contribution in [1.82, 2.24) is 15.0 Å². The highest BCUT2D eigenvalue weighted by Gasteiger charge is 2.19. The molecule has 1 aromatic rings. The highest BCUT2D eigenvalue weighted by Crippen LogP contribution is 2.20. The van der Waals surface area contributed by atoms with Gasteiger partial charge in [-0.25, -0.2) is 4.68 Å². The van der Waals surface area contributed by atoms with E-state index in [-0.39, 0.29) is 0 Å². The summed E-state index contributed by atoms with van der Waals surface area (Å²) in [4.78, 5) is 2.33. The average molecular weight is 195 g/mol. The Bertz CT molecular complexity index is 287. The first-order valence-corrected chi connectivity index (χ1v) is 5.11. The van der Waals surface area contributed by atoms with Gasteiger partial charge in [0, 0.05) is 20.1 Å². The van der Waals surface area contributed by atoms with Gasteiger partial charge in [0.2, 0.25) is 0 Å². The monoisotopic (exact) mass is 195 g/mol. The number of hydrogen-bond donors (Lipinski definition) is 1. The maximum atomic E-state index is 5.65. The molecule has 0 aliphatic carbocycles. The SMILES string of the molecule is Cn1nncc1N1CCC(CN)CC1. The Morgan fingerprint density at radius 2 is 2.21 bits per heavy atom. The predicted molar refractivity (Wildman–Crippen MR) is 55.0 cm³/mol. The minimum absolute atomic E-state index is 0.701. The molecule has 2 heterocycles. The van der Waals surface area contributed by atoms with Crippen molar-refractivity contribution in [2.24, 2.45) is 18.7 Å². The Hall–Kier alpha value is -1.10. The fourth-order valence-electron chi connectivity index (χ4n) is 1.97. The maximum absolute atomic E-state index is 5.65. The second kappa shape index (κ2) is 3.96. The van der Waals surface area contributed by atoms with E-state index in [2.05, 4.69) is 15.2 Å². The van der Waals surface area contributed by atoms with Crippen molar-refractivity contribution in [3.8, 4) is 0 Å².